The van der Waals surface area contributed by atoms with Gasteiger partial charge in [-0.05, 0) is 59.4 Å². The average Bonchev–Trinajstić information content (AvgIpc) is 3.03. The molecule has 0 saturated carbocycles. The fourth-order valence-corrected chi connectivity index (χ4v) is 4.10. The number of fused-ring (bicyclic) bond motifs is 1. The molecule has 110 valence electrons. The summed E-state index contributed by atoms with van der Waals surface area (Å²) in [6.45, 7) is 5.22. The topological polar surface area (TPSA) is 17.0 Å². The van der Waals surface area contributed by atoms with Crippen LogP contribution in [0.5, 0.6) is 0 Å². The molecule has 0 aliphatic heterocycles. The van der Waals surface area contributed by atoms with Crippen molar-refractivity contribution >= 4 is 38.2 Å². The average molecular weight is 363 g/mol. The minimum atomic E-state index is 0.962. The van der Waals surface area contributed by atoms with E-state index >= 15 is 0 Å². The summed E-state index contributed by atoms with van der Waals surface area (Å²) in [7, 11) is 0. The van der Waals surface area contributed by atoms with Gasteiger partial charge in [0.05, 0.1) is 0 Å². The predicted molar refractivity (Wildman–Crippen MR) is 95.0 cm³/mol. The minimum Gasteiger partial charge on any atom is -0.347 e. The quantitative estimate of drug-likeness (QED) is 0.613. The Kier molecular flexibility index (Phi) is 4.78. The molecule has 4 heteroatoms. The molecule has 0 saturated heterocycles. The molecule has 1 N–H and O–H groups in total. The Labute approximate surface area is 137 Å². The maximum atomic E-state index is 3.57. The van der Waals surface area contributed by atoms with Gasteiger partial charge in [0.2, 0.25) is 0 Å². The molecule has 2 aromatic heterocycles. The highest BCUT2D eigenvalue weighted by atomic mass is 79.9. The van der Waals surface area contributed by atoms with Crippen molar-refractivity contribution in [2.75, 3.05) is 6.54 Å². The molecule has 0 amide bonds. The van der Waals surface area contributed by atoms with Gasteiger partial charge in [-0.15, -0.1) is 11.3 Å². The third-order valence-electron chi connectivity index (χ3n) is 3.64. The summed E-state index contributed by atoms with van der Waals surface area (Å²) in [6.07, 6.45) is 3.33. The van der Waals surface area contributed by atoms with E-state index in [4.69, 9.17) is 0 Å². The molecular formula is C17H19BrN2S. The molecule has 0 atom stereocenters. The predicted octanol–water partition coefficient (Wildman–Crippen LogP) is 4.95. The van der Waals surface area contributed by atoms with Gasteiger partial charge in [0.15, 0.2) is 0 Å². The van der Waals surface area contributed by atoms with Crippen LogP contribution in [0.3, 0.4) is 0 Å². The lowest BCUT2D eigenvalue weighted by Gasteiger charge is -2.06. The first-order chi connectivity index (χ1) is 10.2. The number of hydrogen-bond donors (Lipinski definition) is 1. The van der Waals surface area contributed by atoms with E-state index in [0.717, 1.165) is 26.1 Å². The van der Waals surface area contributed by atoms with Crippen LogP contribution in [0, 0.1) is 6.92 Å². The first-order valence-electron chi connectivity index (χ1n) is 7.23. The van der Waals surface area contributed by atoms with Gasteiger partial charge < -0.3 is 9.88 Å². The molecule has 0 aliphatic rings. The molecule has 3 aromatic rings. The molecular weight excluding hydrogens is 344 g/mol. The number of nitrogens with one attached hydrogen (secondary N) is 1. The number of benzene rings is 1. The number of hydrogen-bond acceptors (Lipinski definition) is 2. The largest absolute Gasteiger partial charge is 0.347 e. The molecule has 2 heterocycles. The molecule has 3 rings (SSSR count). The van der Waals surface area contributed by atoms with Crippen LogP contribution in [0.1, 0.15) is 16.2 Å². The highest BCUT2D eigenvalue weighted by Gasteiger charge is 2.02. The zero-order chi connectivity index (χ0) is 14.7. The van der Waals surface area contributed by atoms with Gasteiger partial charge >= 0.3 is 0 Å². The Morgan fingerprint density at radius 3 is 2.90 bits per heavy atom. The molecule has 0 bridgehead atoms. The fourth-order valence-electron chi connectivity index (χ4n) is 2.53. The summed E-state index contributed by atoms with van der Waals surface area (Å²) in [4.78, 5) is 2.75. The Hall–Kier alpha value is -1.10. The molecule has 21 heavy (non-hydrogen) atoms. The van der Waals surface area contributed by atoms with Crippen molar-refractivity contribution in [2.45, 2.75) is 26.4 Å². The summed E-state index contributed by atoms with van der Waals surface area (Å²) in [6, 6.07) is 13.0. The van der Waals surface area contributed by atoms with E-state index in [1.165, 1.54) is 25.1 Å². The first kappa shape index (κ1) is 14.8. The van der Waals surface area contributed by atoms with E-state index in [2.05, 4.69) is 75.3 Å². The van der Waals surface area contributed by atoms with E-state index in [-0.39, 0.29) is 0 Å². The lowest BCUT2D eigenvalue weighted by Crippen LogP contribution is -2.15. The summed E-state index contributed by atoms with van der Waals surface area (Å²) in [5.41, 5.74) is 1.33. The summed E-state index contributed by atoms with van der Waals surface area (Å²) >= 11 is 5.42. The number of aromatic nitrogens is 1. The van der Waals surface area contributed by atoms with E-state index in [9.17, 15) is 0 Å². The monoisotopic (exact) mass is 362 g/mol. The molecule has 0 radical (unpaired) electrons. The Bertz CT molecular complexity index is 710. The minimum absolute atomic E-state index is 0.962. The molecule has 2 nitrogen and oxygen atoms in total. The fraction of sp³-hybridized carbons (Fsp3) is 0.294. The summed E-state index contributed by atoms with van der Waals surface area (Å²) in [5, 5.41) is 4.85. The summed E-state index contributed by atoms with van der Waals surface area (Å²) < 4.78 is 3.56. The van der Waals surface area contributed by atoms with E-state index in [1.54, 1.807) is 0 Å². The Morgan fingerprint density at radius 1 is 1.24 bits per heavy atom. The highest BCUT2D eigenvalue weighted by Crippen LogP contribution is 2.26. The van der Waals surface area contributed by atoms with Crippen molar-refractivity contribution in [1.82, 2.24) is 9.88 Å². The van der Waals surface area contributed by atoms with Crippen LogP contribution in [0.2, 0.25) is 0 Å². The van der Waals surface area contributed by atoms with E-state index < -0.39 is 0 Å². The second-order valence-electron chi connectivity index (χ2n) is 5.22. The van der Waals surface area contributed by atoms with Crippen molar-refractivity contribution in [3.05, 3.63) is 56.8 Å². The Balaban J connectivity index is 1.46. The molecule has 0 spiro atoms. The number of nitrogens with zero attached hydrogens (tertiary/aromatic N) is 1. The number of aryl methyl sites for hydroxylation is 2. The van der Waals surface area contributed by atoms with Crippen molar-refractivity contribution in [2.24, 2.45) is 0 Å². The number of halogens is 1. The maximum absolute atomic E-state index is 3.57. The second kappa shape index (κ2) is 6.77. The van der Waals surface area contributed by atoms with Crippen LogP contribution in [0.15, 0.2) is 47.1 Å². The third-order valence-corrected chi connectivity index (χ3v) is 5.78. The lowest BCUT2D eigenvalue weighted by molar-refractivity contribution is 0.593. The first-order valence-corrected chi connectivity index (χ1v) is 8.84. The van der Waals surface area contributed by atoms with Crippen molar-refractivity contribution in [1.29, 1.82) is 0 Å². The maximum Gasteiger partial charge on any atom is 0.0480 e. The third kappa shape index (κ3) is 3.57. The smallest absolute Gasteiger partial charge is 0.0480 e. The standard InChI is InChI=1S/C17H19BrN2S/c1-13-16(18)11-15(21-13)12-19-8-4-9-20-10-7-14-5-2-3-6-17(14)20/h2-3,5-7,10-11,19H,4,8-9,12H2,1H3. The van der Waals surface area contributed by atoms with Crippen LogP contribution < -0.4 is 5.32 Å². The van der Waals surface area contributed by atoms with Crippen LogP contribution in [0.4, 0.5) is 0 Å². The zero-order valence-electron chi connectivity index (χ0n) is 12.1. The van der Waals surface area contributed by atoms with Crippen LogP contribution >= 0.6 is 27.3 Å². The number of thiophene rings is 1. The van der Waals surface area contributed by atoms with Crippen LogP contribution in [0.25, 0.3) is 10.9 Å². The molecule has 0 unspecified atom stereocenters. The van der Waals surface area contributed by atoms with Gasteiger partial charge in [0, 0.05) is 39.0 Å². The highest BCUT2D eigenvalue weighted by molar-refractivity contribution is 9.10. The van der Waals surface area contributed by atoms with Crippen molar-refractivity contribution < 1.29 is 0 Å². The van der Waals surface area contributed by atoms with Gasteiger partial charge in [-0.2, -0.15) is 0 Å². The molecule has 0 fully saturated rings. The molecule has 0 aliphatic carbocycles. The number of rotatable bonds is 6. The van der Waals surface area contributed by atoms with Crippen LogP contribution in [-0.2, 0) is 13.1 Å². The SMILES string of the molecule is Cc1sc(CNCCCn2ccc3ccccc32)cc1Br. The van der Waals surface area contributed by atoms with Crippen LogP contribution in [-0.4, -0.2) is 11.1 Å². The lowest BCUT2D eigenvalue weighted by atomic mass is 10.2. The van der Waals surface area contributed by atoms with E-state index in [0.29, 0.717) is 0 Å². The zero-order valence-corrected chi connectivity index (χ0v) is 14.5. The second-order valence-corrected chi connectivity index (χ2v) is 7.41. The van der Waals surface area contributed by atoms with Gasteiger partial charge in [0.25, 0.3) is 0 Å². The van der Waals surface area contributed by atoms with Gasteiger partial charge in [0.1, 0.15) is 0 Å². The number of para-hydroxylation sites is 1. The normalized spacial score (nSPS) is 11.3. The summed E-state index contributed by atoms with van der Waals surface area (Å²) in [5.74, 6) is 0. The van der Waals surface area contributed by atoms with Crippen molar-refractivity contribution in [3.63, 3.8) is 0 Å². The van der Waals surface area contributed by atoms with Gasteiger partial charge in [-0.3, -0.25) is 0 Å². The van der Waals surface area contributed by atoms with Gasteiger partial charge in [-0.1, -0.05) is 18.2 Å². The van der Waals surface area contributed by atoms with Crippen molar-refractivity contribution in [3.8, 4) is 0 Å². The molecule has 1 aromatic carbocycles. The van der Waals surface area contributed by atoms with E-state index in [1.807, 2.05) is 11.3 Å². The Morgan fingerprint density at radius 2 is 2.10 bits per heavy atom. The van der Waals surface area contributed by atoms with Gasteiger partial charge in [-0.25, -0.2) is 0 Å².